The molecule has 0 radical (unpaired) electrons. The third-order valence-electron chi connectivity index (χ3n) is 2.47. The van der Waals surface area contributed by atoms with Gasteiger partial charge in [-0.25, -0.2) is 4.98 Å². The zero-order chi connectivity index (χ0) is 12.5. The molecule has 0 fully saturated rings. The molecule has 2 aromatic rings. The molecule has 0 aliphatic heterocycles. The summed E-state index contributed by atoms with van der Waals surface area (Å²) in [6.45, 7) is 6.71. The van der Waals surface area contributed by atoms with Crippen LogP contribution in [0.5, 0.6) is 0 Å². The van der Waals surface area contributed by atoms with Crippen LogP contribution in [0.25, 0.3) is 11.1 Å². The van der Waals surface area contributed by atoms with Gasteiger partial charge in [0.2, 0.25) is 0 Å². The van der Waals surface area contributed by atoms with Crippen molar-refractivity contribution in [3.8, 4) is 0 Å². The standard InChI is InChI=1S/C13H18N2OS/c1-13(2,3)6-7-17-12-15-10-8-9(14)4-5-11(10)16-12/h4-5,8H,6-7,14H2,1-3H3. The van der Waals surface area contributed by atoms with E-state index in [-0.39, 0.29) is 0 Å². The first-order valence-electron chi connectivity index (χ1n) is 5.73. The molecule has 0 saturated heterocycles. The van der Waals surface area contributed by atoms with Crippen LogP contribution in [0.4, 0.5) is 5.69 Å². The summed E-state index contributed by atoms with van der Waals surface area (Å²) in [7, 11) is 0. The minimum atomic E-state index is 0.351. The molecule has 0 unspecified atom stereocenters. The normalized spacial score (nSPS) is 12.2. The van der Waals surface area contributed by atoms with Crippen molar-refractivity contribution in [2.45, 2.75) is 32.4 Å². The van der Waals surface area contributed by atoms with Gasteiger partial charge in [0, 0.05) is 11.4 Å². The van der Waals surface area contributed by atoms with Crippen LogP contribution < -0.4 is 5.73 Å². The number of aromatic nitrogens is 1. The number of anilines is 1. The Hall–Kier alpha value is -1.16. The van der Waals surface area contributed by atoms with Gasteiger partial charge in [-0.3, -0.25) is 0 Å². The summed E-state index contributed by atoms with van der Waals surface area (Å²) in [5.41, 5.74) is 8.41. The fourth-order valence-electron chi connectivity index (χ4n) is 1.43. The maximum Gasteiger partial charge on any atom is 0.256 e. The Kier molecular flexibility index (Phi) is 3.33. The van der Waals surface area contributed by atoms with Gasteiger partial charge in [-0.1, -0.05) is 32.5 Å². The Labute approximate surface area is 106 Å². The van der Waals surface area contributed by atoms with Gasteiger partial charge >= 0.3 is 0 Å². The Bertz CT molecular complexity index is 514. The molecule has 92 valence electrons. The van der Waals surface area contributed by atoms with Crippen LogP contribution in [-0.4, -0.2) is 10.7 Å². The summed E-state index contributed by atoms with van der Waals surface area (Å²) >= 11 is 1.66. The SMILES string of the molecule is CC(C)(C)CCSc1nc2cc(N)ccc2o1. The van der Waals surface area contributed by atoms with E-state index in [0.29, 0.717) is 5.41 Å². The average Bonchev–Trinajstić information content (AvgIpc) is 2.57. The van der Waals surface area contributed by atoms with Crippen molar-refractivity contribution >= 4 is 28.5 Å². The molecule has 0 atom stereocenters. The monoisotopic (exact) mass is 250 g/mol. The Morgan fingerprint density at radius 1 is 1.35 bits per heavy atom. The second kappa shape index (κ2) is 4.61. The van der Waals surface area contributed by atoms with E-state index in [4.69, 9.17) is 10.2 Å². The van der Waals surface area contributed by atoms with E-state index in [1.54, 1.807) is 11.8 Å². The molecule has 4 heteroatoms. The highest BCUT2D eigenvalue weighted by molar-refractivity contribution is 7.99. The van der Waals surface area contributed by atoms with E-state index in [1.807, 2.05) is 18.2 Å². The summed E-state index contributed by atoms with van der Waals surface area (Å²) in [6.07, 6.45) is 1.14. The number of nitrogens with zero attached hydrogens (tertiary/aromatic N) is 1. The van der Waals surface area contributed by atoms with Crippen LogP contribution >= 0.6 is 11.8 Å². The average molecular weight is 250 g/mol. The Morgan fingerprint density at radius 3 is 2.82 bits per heavy atom. The van der Waals surface area contributed by atoms with Crippen molar-refractivity contribution in [3.63, 3.8) is 0 Å². The van der Waals surface area contributed by atoms with Crippen LogP contribution in [0.3, 0.4) is 0 Å². The van der Waals surface area contributed by atoms with Crippen LogP contribution in [0.15, 0.2) is 27.8 Å². The lowest BCUT2D eigenvalue weighted by Gasteiger charge is -2.16. The van der Waals surface area contributed by atoms with Gasteiger partial charge in [0.1, 0.15) is 5.52 Å². The topological polar surface area (TPSA) is 52.0 Å². The molecule has 0 aliphatic rings. The van der Waals surface area contributed by atoms with Crippen molar-refractivity contribution in [3.05, 3.63) is 18.2 Å². The van der Waals surface area contributed by atoms with E-state index < -0.39 is 0 Å². The van der Waals surface area contributed by atoms with Crippen LogP contribution in [-0.2, 0) is 0 Å². The van der Waals surface area contributed by atoms with Gasteiger partial charge in [0.05, 0.1) is 0 Å². The van der Waals surface area contributed by atoms with Gasteiger partial charge in [-0.15, -0.1) is 0 Å². The molecule has 1 heterocycles. The summed E-state index contributed by atoms with van der Waals surface area (Å²) in [4.78, 5) is 4.41. The first-order valence-corrected chi connectivity index (χ1v) is 6.71. The van der Waals surface area contributed by atoms with Gasteiger partial charge in [0.15, 0.2) is 5.58 Å². The number of rotatable bonds is 3. The molecule has 0 saturated carbocycles. The summed E-state index contributed by atoms with van der Waals surface area (Å²) in [5, 5.41) is 0.731. The number of benzene rings is 1. The number of nitrogens with two attached hydrogens (primary N) is 1. The molecule has 0 bridgehead atoms. The zero-order valence-corrected chi connectivity index (χ0v) is 11.3. The lowest BCUT2D eigenvalue weighted by atomic mass is 9.94. The second-order valence-corrected chi connectivity index (χ2v) is 6.41. The number of thioether (sulfide) groups is 1. The maximum absolute atomic E-state index is 5.70. The minimum Gasteiger partial charge on any atom is -0.431 e. The molecule has 0 spiro atoms. The highest BCUT2D eigenvalue weighted by Crippen LogP contribution is 2.28. The van der Waals surface area contributed by atoms with E-state index in [9.17, 15) is 0 Å². The molecular weight excluding hydrogens is 232 g/mol. The van der Waals surface area contributed by atoms with Crippen molar-refractivity contribution in [1.29, 1.82) is 0 Å². The van der Waals surface area contributed by atoms with Crippen LogP contribution in [0, 0.1) is 5.41 Å². The van der Waals surface area contributed by atoms with Gasteiger partial charge in [-0.05, 0) is 30.0 Å². The van der Waals surface area contributed by atoms with Crippen molar-refractivity contribution < 1.29 is 4.42 Å². The molecule has 0 amide bonds. The summed E-state index contributed by atoms with van der Waals surface area (Å²) < 4.78 is 5.63. The number of hydrogen-bond acceptors (Lipinski definition) is 4. The highest BCUT2D eigenvalue weighted by atomic mass is 32.2. The quantitative estimate of drug-likeness (QED) is 0.662. The first-order chi connectivity index (χ1) is 7.94. The third kappa shape index (κ3) is 3.40. The van der Waals surface area contributed by atoms with E-state index in [2.05, 4.69) is 25.8 Å². The van der Waals surface area contributed by atoms with E-state index >= 15 is 0 Å². The number of hydrogen-bond donors (Lipinski definition) is 1. The molecule has 0 aliphatic carbocycles. The van der Waals surface area contributed by atoms with Crippen LogP contribution in [0.2, 0.25) is 0 Å². The van der Waals surface area contributed by atoms with E-state index in [0.717, 1.165) is 34.2 Å². The van der Waals surface area contributed by atoms with Gasteiger partial charge in [-0.2, -0.15) is 0 Å². The molecule has 2 rings (SSSR count). The fourth-order valence-corrected chi connectivity index (χ4v) is 2.63. The lowest BCUT2D eigenvalue weighted by Crippen LogP contribution is -2.05. The van der Waals surface area contributed by atoms with Crippen molar-refractivity contribution in [2.24, 2.45) is 5.41 Å². The Balaban J connectivity index is 2.05. The Morgan fingerprint density at radius 2 is 2.12 bits per heavy atom. The van der Waals surface area contributed by atoms with Gasteiger partial charge in [0.25, 0.3) is 5.22 Å². The summed E-state index contributed by atoms with van der Waals surface area (Å²) in [6, 6.07) is 5.54. The molecule has 17 heavy (non-hydrogen) atoms. The first kappa shape index (κ1) is 12.3. The molecule has 1 aromatic carbocycles. The smallest absolute Gasteiger partial charge is 0.256 e. The maximum atomic E-state index is 5.70. The summed E-state index contributed by atoms with van der Waals surface area (Å²) in [5.74, 6) is 1.02. The van der Waals surface area contributed by atoms with Crippen molar-refractivity contribution in [2.75, 3.05) is 11.5 Å². The molecule has 2 N–H and O–H groups in total. The third-order valence-corrected chi connectivity index (χ3v) is 3.30. The van der Waals surface area contributed by atoms with Gasteiger partial charge < -0.3 is 10.2 Å². The molecule has 1 aromatic heterocycles. The minimum absolute atomic E-state index is 0.351. The largest absolute Gasteiger partial charge is 0.431 e. The predicted molar refractivity (Wildman–Crippen MR) is 73.2 cm³/mol. The second-order valence-electron chi connectivity index (χ2n) is 5.37. The zero-order valence-electron chi connectivity index (χ0n) is 10.5. The number of oxazole rings is 1. The fraction of sp³-hybridized carbons (Fsp3) is 0.462. The van der Waals surface area contributed by atoms with E-state index in [1.165, 1.54) is 0 Å². The van der Waals surface area contributed by atoms with Crippen LogP contribution in [0.1, 0.15) is 27.2 Å². The van der Waals surface area contributed by atoms with Crippen molar-refractivity contribution in [1.82, 2.24) is 4.98 Å². The molecular formula is C13H18N2OS. The number of fused-ring (bicyclic) bond motifs is 1. The number of nitrogen functional groups attached to an aromatic ring is 1. The molecule has 3 nitrogen and oxygen atoms in total. The predicted octanol–water partition coefficient (Wildman–Crippen LogP) is 3.94. The highest BCUT2D eigenvalue weighted by Gasteiger charge is 2.12. The lowest BCUT2D eigenvalue weighted by molar-refractivity contribution is 0.400.